The van der Waals surface area contributed by atoms with Crippen molar-refractivity contribution in [2.75, 3.05) is 26.7 Å². The molecule has 0 aliphatic rings. The summed E-state index contributed by atoms with van der Waals surface area (Å²) in [5.41, 5.74) is 0. The molecule has 2 amide bonds. The Bertz CT molecular complexity index is 295. The van der Waals surface area contributed by atoms with Crippen molar-refractivity contribution in [2.45, 2.75) is 46.2 Å². The second-order valence-corrected chi connectivity index (χ2v) is 5.04. The molecule has 0 spiro atoms. The van der Waals surface area contributed by atoms with Crippen LogP contribution in [0.15, 0.2) is 0 Å². The Morgan fingerprint density at radius 2 is 1.84 bits per heavy atom. The normalized spacial score (nSPS) is 12.6. The van der Waals surface area contributed by atoms with Crippen LogP contribution in [0.1, 0.15) is 34.1 Å². The van der Waals surface area contributed by atoms with Crippen molar-refractivity contribution in [3.05, 3.63) is 0 Å². The summed E-state index contributed by atoms with van der Waals surface area (Å²) in [6, 6.07) is -0.0659. The zero-order chi connectivity index (χ0) is 15.0. The number of hydrogen-bond acceptors (Lipinski definition) is 3. The second kappa shape index (κ2) is 8.74. The van der Waals surface area contributed by atoms with Gasteiger partial charge in [0.05, 0.1) is 6.42 Å². The number of likely N-dealkylation sites (N-methyl/N-ethyl adjacent to an activating group) is 1. The van der Waals surface area contributed by atoms with Gasteiger partial charge in [0.2, 0.25) is 0 Å². The van der Waals surface area contributed by atoms with Gasteiger partial charge in [0.25, 0.3) is 0 Å². The van der Waals surface area contributed by atoms with E-state index in [9.17, 15) is 9.59 Å². The molecule has 2 N–H and O–H groups in total. The molecule has 6 heteroatoms. The first-order chi connectivity index (χ1) is 8.79. The number of hydrogen-bond donors (Lipinski definition) is 2. The lowest BCUT2D eigenvalue weighted by atomic mass is 10.2. The fourth-order valence-electron chi connectivity index (χ4n) is 1.72. The Labute approximate surface area is 115 Å². The Kier molecular flexibility index (Phi) is 8.14. The number of carboxylic acids is 1. The van der Waals surface area contributed by atoms with Crippen LogP contribution < -0.4 is 5.32 Å². The van der Waals surface area contributed by atoms with E-state index in [1.165, 1.54) is 0 Å². The van der Waals surface area contributed by atoms with Crippen molar-refractivity contribution in [2.24, 2.45) is 0 Å². The molecule has 19 heavy (non-hydrogen) atoms. The van der Waals surface area contributed by atoms with Crippen LogP contribution in [0.2, 0.25) is 0 Å². The van der Waals surface area contributed by atoms with Crippen molar-refractivity contribution in [1.29, 1.82) is 0 Å². The topological polar surface area (TPSA) is 72.9 Å². The SMILES string of the molecule is CCN(C(=O)NCCN(C)C(C)C)C(C)CC(=O)O. The molecular formula is C13H27N3O3. The monoisotopic (exact) mass is 273 g/mol. The van der Waals surface area contributed by atoms with E-state index in [4.69, 9.17) is 5.11 Å². The summed E-state index contributed by atoms with van der Waals surface area (Å²) in [5.74, 6) is -0.890. The molecule has 0 aromatic rings. The standard InChI is InChI=1S/C13H27N3O3/c1-6-16(11(4)9-12(17)18)13(19)14-7-8-15(5)10(2)3/h10-11H,6-9H2,1-5H3,(H,14,19)(H,17,18). The lowest BCUT2D eigenvalue weighted by Crippen LogP contribution is -2.47. The van der Waals surface area contributed by atoms with Crippen LogP contribution in [0.3, 0.4) is 0 Å². The number of carboxylic acid groups (broad SMARTS) is 1. The highest BCUT2D eigenvalue weighted by molar-refractivity contribution is 5.75. The predicted octanol–water partition coefficient (Wildman–Crippen LogP) is 1.22. The van der Waals surface area contributed by atoms with E-state index in [2.05, 4.69) is 24.1 Å². The number of amides is 2. The smallest absolute Gasteiger partial charge is 0.317 e. The fourth-order valence-corrected chi connectivity index (χ4v) is 1.72. The van der Waals surface area contributed by atoms with Gasteiger partial charge in [-0.1, -0.05) is 0 Å². The average molecular weight is 273 g/mol. The van der Waals surface area contributed by atoms with E-state index in [-0.39, 0.29) is 18.5 Å². The van der Waals surface area contributed by atoms with Crippen molar-refractivity contribution < 1.29 is 14.7 Å². The van der Waals surface area contributed by atoms with Crippen molar-refractivity contribution in [3.63, 3.8) is 0 Å². The van der Waals surface area contributed by atoms with Gasteiger partial charge >= 0.3 is 12.0 Å². The van der Waals surface area contributed by atoms with Gasteiger partial charge in [-0.05, 0) is 34.7 Å². The van der Waals surface area contributed by atoms with Crippen LogP contribution in [-0.2, 0) is 4.79 Å². The molecule has 0 rings (SSSR count). The maximum Gasteiger partial charge on any atom is 0.317 e. The molecule has 0 radical (unpaired) electrons. The Morgan fingerprint density at radius 1 is 1.26 bits per heavy atom. The molecule has 0 aliphatic heterocycles. The first kappa shape index (κ1) is 17.7. The number of urea groups is 1. The zero-order valence-corrected chi connectivity index (χ0v) is 12.6. The summed E-state index contributed by atoms with van der Waals surface area (Å²) in [5, 5.41) is 11.6. The molecule has 0 bridgehead atoms. The highest BCUT2D eigenvalue weighted by Gasteiger charge is 2.20. The quantitative estimate of drug-likeness (QED) is 0.697. The molecule has 0 heterocycles. The fraction of sp³-hybridized carbons (Fsp3) is 0.846. The highest BCUT2D eigenvalue weighted by atomic mass is 16.4. The second-order valence-electron chi connectivity index (χ2n) is 5.04. The Hall–Kier alpha value is -1.30. The third kappa shape index (κ3) is 7.00. The van der Waals surface area contributed by atoms with E-state index in [0.717, 1.165) is 6.54 Å². The van der Waals surface area contributed by atoms with Crippen LogP contribution >= 0.6 is 0 Å². The minimum Gasteiger partial charge on any atom is -0.481 e. The van der Waals surface area contributed by atoms with Crippen molar-refractivity contribution in [1.82, 2.24) is 15.1 Å². The average Bonchev–Trinajstić information content (AvgIpc) is 2.28. The van der Waals surface area contributed by atoms with Gasteiger partial charge in [-0.3, -0.25) is 4.79 Å². The third-order valence-corrected chi connectivity index (χ3v) is 3.23. The molecule has 0 saturated carbocycles. The summed E-state index contributed by atoms with van der Waals surface area (Å²) in [7, 11) is 2.00. The number of rotatable bonds is 8. The van der Waals surface area contributed by atoms with Crippen molar-refractivity contribution >= 4 is 12.0 Å². The molecule has 0 saturated heterocycles. The van der Waals surface area contributed by atoms with Gasteiger partial charge in [-0.2, -0.15) is 0 Å². The molecule has 112 valence electrons. The number of aliphatic carboxylic acids is 1. The summed E-state index contributed by atoms with van der Waals surface area (Å²) < 4.78 is 0. The van der Waals surface area contributed by atoms with E-state index in [1.54, 1.807) is 11.8 Å². The van der Waals surface area contributed by atoms with Crippen LogP contribution in [0, 0.1) is 0 Å². The lowest BCUT2D eigenvalue weighted by Gasteiger charge is -2.28. The van der Waals surface area contributed by atoms with E-state index in [0.29, 0.717) is 19.1 Å². The van der Waals surface area contributed by atoms with E-state index in [1.807, 2.05) is 14.0 Å². The Balaban J connectivity index is 4.18. The molecule has 1 unspecified atom stereocenters. The van der Waals surface area contributed by atoms with Gasteiger partial charge in [0.1, 0.15) is 0 Å². The molecule has 0 aliphatic carbocycles. The van der Waals surface area contributed by atoms with Gasteiger partial charge in [0, 0.05) is 31.7 Å². The number of carbonyl (C=O) groups excluding carboxylic acids is 1. The highest BCUT2D eigenvalue weighted by Crippen LogP contribution is 2.04. The molecule has 6 nitrogen and oxygen atoms in total. The molecule has 0 fully saturated rings. The number of carbonyl (C=O) groups is 2. The van der Waals surface area contributed by atoms with Gasteiger partial charge in [0.15, 0.2) is 0 Å². The van der Waals surface area contributed by atoms with Crippen LogP contribution in [0.4, 0.5) is 4.79 Å². The summed E-state index contributed by atoms with van der Waals surface area (Å²) in [6.07, 6.45) is -0.0346. The predicted molar refractivity (Wildman–Crippen MR) is 75.3 cm³/mol. The van der Waals surface area contributed by atoms with Crippen LogP contribution in [0.25, 0.3) is 0 Å². The number of nitrogens with one attached hydrogen (secondary N) is 1. The van der Waals surface area contributed by atoms with Crippen molar-refractivity contribution in [3.8, 4) is 0 Å². The molecule has 0 aromatic carbocycles. The van der Waals surface area contributed by atoms with Crippen LogP contribution in [-0.4, -0.2) is 65.7 Å². The minimum absolute atomic E-state index is 0.0346. The van der Waals surface area contributed by atoms with Gasteiger partial charge < -0.3 is 20.2 Å². The van der Waals surface area contributed by atoms with E-state index < -0.39 is 5.97 Å². The molecule has 0 aromatic heterocycles. The summed E-state index contributed by atoms with van der Waals surface area (Å²) in [4.78, 5) is 26.3. The van der Waals surface area contributed by atoms with Crippen LogP contribution in [0.5, 0.6) is 0 Å². The van der Waals surface area contributed by atoms with E-state index >= 15 is 0 Å². The molecular weight excluding hydrogens is 246 g/mol. The minimum atomic E-state index is -0.890. The number of nitrogens with zero attached hydrogens (tertiary/aromatic N) is 2. The summed E-state index contributed by atoms with van der Waals surface area (Å²) >= 11 is 0. The lowest BCUT2D eigenvalue weighted by molar-refractivity contribution is -0.138. The first-order valence-electron chi connectivity index (χ1n) is 6.76. The zero-order valence-electron chi connectivity index (χ0n) is 12.6. The Morgan fingerprint density at radius 3 is 2.26 bits per heavy atom. The third-order valence-electron chi connectivity index (χ3n) is 3.23. The largest absolute Gasteiger partial charge is 0.481 e. The molecule has 1 atom stereocenters. The maximum absolute atomic E-state index is 12.0. The van der Waals surface area contributed by atoms with Gasteiger partial charge in [-0.25, -0.2) is 4.79 Å². The maximum atomic E-state index is 12.0. The first-order valence-corrected chi connectivity index (χ1v) is 6.76. The summed E-state index contributed by atoms with van der Waals surface area (Å²) in [6.45, 7) is 9.61. The van der Waals surface area contributed by atoms with Gasteiger partial charge in [-0.15, -0.1) is 0 Å².